The van der Waals surface area contributed by atoms with Gasteiger partial charge in [-0.2, -0.15) is 0 Å². The fraction of sp³-hybridized carbons (Fsp3) is 0.588. The number of carbonyl (C=O) groups excluding carboxylic acids is 1. The third-order valence-corrected chi connectivity index (χ3v) is 4.20. The van der Waals surface area contributed by atoms with Crippen molar-refractivity contribution in [3.8, 4) is 0 Å². The predicted octanol–water partition coefficient (Wildman–Crippen LogP) is 4.12. The topological polar surface area (TPSA) is 44.4 Å². The summed E-state index contributed by atoms with van der Waals surface area (Å²) in [7, 11) is 0. The van der Waals surface area contributed by atoms with Crippen molar-refractivity contribution in [3.63, 3.8) is 0 Å². The summed E-state index contributed by atoms with van der Waals surface area (Å²) in [5.74, 6) is 0. The Morgan fingerprint density at radius 2 is 1.95 bits per heavy atom. The maximum absolute atomic E-state index is 11.7. The van der Waals surface area contributed by atoms with Crippen LogP contribution >= 0.6 is 11.6 Å². The molecule has 122 valence electrons. The number of likely N-dealkylation sites (tertiary alicyclic amines) is 1. The molecule has 2 rings (SSSR count). The van der Waals surface area contributed by atoms with E-state index in [-0.39, 0.29) is 6.03 Å². The van der Waals surface area contributed by atoms with Crippen molar-refractivity contribution in [2.24, 2.45) is 0 Å². The molecule has 0 saturated carbocycles. The first-order chi connectivity index (χ1) is 10.7. The summed E-state index contributed by atoms with van der Waals surface area (Å²) in [5.41, 5.74) is 0.718. The molecule has 1 aliphatic rings. The summed E-state index contributed by atoms with van der Waals surface area (Å²) in [6, 6.07) is 6.99. The molecular weight excluding hydrogens is 298 g/mol. The molecule has 1 heterocycles. The van der Waals surface area contributed by atoms with E-state index >= 15 is 0 Å². The highest BCUT2D eigenvalue weighted by molar-refractivity contribution is 6.30. The van der Waals surface area contributed by atoms with Gasteiger partial charge in [0.1, 0.15) is 0 Å². The second-order valence-corrected chi connectivity index (χ2v) is 6.29. The summed E-state index contributed by atoms with van der Waals surface area (Å²) >= 11 is 5.88. The molecule has 1 saturated heterocycles. The van der Waals surface area contributed by atoms with Crippen molar-refractivity contribution in [1.29, 1.82) is 0 Å². The predicted molar refractivity (Wildman–Crippen MR) is 92.6 cm³/mol. The van der Waals surface area contributed by atoms with E-state index in [4.69, 9.17) is 11.6 Å². The normalized spacial score (nSPS) is 15.5. The van der Waals surface area contributed by atoms with Gasteiger partial charge in [0.05, 0.1) is 0 Å². The van der Waals surface area contributed by atoms with Crippen LogP contribution in [-0.4, -0.2) is 37.1 Å². The zero-order valence-corrected chi connectivity index (χ0v) is 13.9. The zero-order valence-electron chi connectivity index (χ0n) is 13.1. The number of unbranched alkanes of at least 4 members (excludes halogenated alkanes) is 2. The van der Waals surface area contributed by atoms with Gasteiger partial charge in [0.15, 0.2) is 0 Å². The molecule has 2 amide bonds. The van der Waals surface area contributed by atoms with Crippen molar-refractivity contribution in [3.05, 3.63) is 29.3 Å². The van der Waals surface area contributed by atoms with E-state index in [0.29, 0.717) is 11.6 Å². The number of carbonyl (C=O) groups is 1. The van der Waals surface area contributed by atoms with E-state index in [1.54, 1.807) is 12.1 Å². The molecular formula is C17H26ClN3O. The lowest BCUT2D eigenvalue weighted by molar-refractivity contribution is 0.224. The zero-order chi connectivity index (χ0) is 15.6. The molecule has 0 atom stereocenters. The number of anilines is 1. The minimum Gasteiger partial charge on any atom is -0.338 e. The van der Waals surface area contributed by atoms with Crippen LogP contribution in [0.3, 0.4) is 0 Å². The second kappa shape index (κ2) is 9.70. The van der Waals surface area contributed by atoms with Gasteiger partial charge in [-0.05, 0) is 63.5 Å². The molecule has 1 aromatic rings. The van der Waals surface area contributed by atoms with Crippen LogP contribution in [0.15, 0.2) is 24.3 Å². The Kier molecular flexibility index (Phi) is 7.54. The Morgan fingerprint density at radius 1 is 1.14 bits per heavy atom. The smallest absolute Gasteiger partial charge is 0.319 e. The molecule has 1 aliphatic heterocycles. The van der Waals surface area contributed by atoms with Gasteiger partial charge < -0.3 is 15.5 Å². The number of hydrogen-bond acceptors (Lipinski definition) is 2. The average molecular weight is 324 g/mol. The summed E-state index contributed by atoms with van der Waals surface area (Å²) < 4.78 is 0. The minimum atomic E-state index is -0.168. The number of piperidine rings is 1. The molecule has 4 nitrogen and oxygen atoms in total. The van der Waals surface area contributed by atoms with E-state index in [9.17, 15) is 4.79 Å². The van der Waals surface area contributed by atoms with Crippen LogP contribution in [0.4, 0.5) is 10.5 Å². The standard InChI is InChI=1S/C17H26ClN3O/c18-15-8-7-9-16(14-15)20-17(22)19-10-3-1-4-11-21-12-5-2-6-13-21/h7-9,14H,1-6,10-13H2,(H2,19,20,22). The van der Waals surface area contributed by atoms with E-state index in [1.165, 1.54) is 45.3 Å². The summed E-state index contributed by atoms with van der Waals surface area (Å²) in [6.45, 7) is 4.45. The number of nitrogens with zero attached hydrogens (tertiary/aromatic N) is 1. The van der Waals surface area contributed by atoms with Crippen LogP contribution in [0.2, 0.25) is 5.02 Å². The fourth-order valence-electron chi connectivity index (χ4n) is 2.76. The summed E-state index contributed by atoms with van der Waals surface area (Å²) in [6.07, 6.45) is 7.50. The Balaban J connectivity index is 1.50. The molecule has 2 N–H and O–H groups in total. The van der Waals surface area contributed by atoms with Crippen molar-refractivity contribution >= 4 is 23.3 Å². The van der Waals surface area contributed by atoms with E-state index in [1.807, 2.05) is 12.1 Å². The van der Waals surface area contributed by atoms with Gasteiger partial charge in [-0.25, -0.2) is 4.79 Å². The number of nitrogens with one attached hydrogen (secondary N) is 2. The van der Waals surface area contributed by atoms with Gasteiger partial charge in [0.25, 0.3) is 0 Å². The Bertz CT molecular complexity index is 461. The van der Waals surface area contributed by atoms with Crippen LogP contribution in [-0.2, 0) is 0 Å². The third kappa shape index (κ3) is 6.67. The molecule has 0 spiro atoms. The van der Waals surface area contributed by atoms with Crippen LogP contribution in [0.25, 0.3) is 0 Å². The van der Waals surface area contributed by atoms with Crippen LogP contribution in [0.5, 0.6) is 0 Å². The average Bonchev–Trinajstić information content (AvgIpc) is 2.52. The lowest BCUT2D eigenvalue weighted by Gasteiger charge is -2.26. The van der Waals surface area contributed by atoms with Gasteiger partial charge in [0.2, 0.25) is 0 Å². The quantitative estimate of drug-likeness (QED) is 0.741. The first-order valence-corrected chi connectivity index (χ1v) is 8.64. The molecule has 0 bridgehead atoms. The highest BCUT2D eigenvalue weighted by atomic mass is 35.5. The number of rotatable bonds is 7. The monoisotopic (exact) mass is 323 g/mol. The second-order valence-electron chi connectivity index (χ2n) is 5.85. The van der Waals surface area contributed by atoms with Gasteiger partial charge in [-0.1, -0.05) is 30.5 Å². The maximum atomic E-state index is 11.7. The van der Waals surface area contributed by atoms with Gasteiger partial charge in [0, 0.05) is 17.3 Å². The minimum absolute atomic E-state index is 0.168. The maximum Gasteiger partial charge on any atom is 0.319 e. The highest BCUT2D eigenvalue weighted by Gasteiger charge is 2.08. The van der Waals surface area contributed by atoms with Crippen LogP contribution in [0, 0.1) is 0 Å². The number of amides is 2. The van der Waals surface area contributed by atoms with Crippen LogP contribution in [0.1, 0.15) is 38.5 Å². The number of halogens is 1. The van der Waals surface area contributed by atoms with Crippen molar-refractivity contribution < 1.29 is 4.79 Å². The van der Waals surface area contributed by atoms with E-state index < -0.39 is 0 Å². The molecule has 0 aromatic heterocycles. The van der Waals surface area contributed by atoms with Crippen molar-refractivity contribution in [1.82, 2.24) is 10.2 Å². The molecule has 1 fully saturated rings. The molecule has 0 radical (unpaired) electrons. The Morgan fingerprint density at radius 3 is 2.73 bits per heavy atom. The van der Waals surface area contributed by atoms with Crippen molar-refractivity contribution in [2.75, 3.05) is 31.5 Å². The Labute approximate surface area is 138 Å². The van der Waals surface area contributed by atoms with Gasteiger partial charge >= 0.3 is 6.03 Å². The van der Waals surface area contributed by atoms with Gasteiger partial charge in [-0.3, -0.25) is 0 Å². The molecule has 0 unspecified atom stereocenters. The lowest BCUT2D eigenvalue weighted by atomic mass is 10.1. The Hall–Kier alpha value is -1.26. The molecule has 0 aliphatic carbocycles. The third-order valence-electron chi connectivity index (χ3n) is 3.97. The highest BCUT2D eigenvalue weighted by Crippen LogP contribution is 2.14. The van der Waals surface area contributed by atoms with Crippen LogP contribution < -0.4 is 10.6 Å². The first-order valence-electron chi connectivity index (χ1n) is 8.27. The summed E-state index contributed by atoms with van der Waals surface area (Å²) in [5, 5.41) is 6.29. The fourth-order valence-corrected chi connectivity index (χ4v) is 2.95. The SMILES string of the molecule is O=C(NCCCCCN1CCCCC1)Nc1cccc(Cl)c1. The lowest BCUT2D eigenvalue weighted by Crippen LogP contribution is -2.31. The van der Waals surface area contributed by atoms with Gasteiger partial charge in [-0.15, -0.1) is 0 Å². The van der Waals surface area contributed by atoms with E-state index in [2.05, 4.69) is 15.5 Å². The number of benzene rings is 1. The first kappa shape index (κ1) is 17.1. The number of urea groups is 1. The largest absolute Gasteiger partial charge is 0.338 e. The molecule has 5 heteroatoms. The molecule has 1 aromatic carbocycles. The van der Waals surface area contributed by atoms with Crippen molar-refractivity contribution in [2.45, 2.75) is 38.5 Å². The van der Waals surface area contributed by atoms with E-state index in [0.717, 1.165) is 18.5 Å². The number of hydrogen-bond donors (Lipinski definition) is 2. The molecule has 22 heavy (non-hydrogen) atoms. The summed E-state index contributed by atoms with van der Waals surface area (Å²) in [4.78, 5) is 14.3.